The third kappa shape index (κ3) is 4.10. The zero-order valence-corrected chi connectivity index (χ0v) is 13.8. The minimum absolute atomic E-state index is 0.01000. The zero-order valence-electron chi connectivity index (χ0n) is 13.8. The lowest BCUT2D eigenvalue weighted by molar-refractivity contribution is -0.145. The van der Waals surface area contributed by atoms with Gasteiger partial charge < -0.3 is 9.72 Å². The van der Waals surface area contributed by atoms with E-state index in [9.17, 15) is 18.4 Å². The monoisotopic (exact) mass is 346 g/mol. The number of nitrogens with one attached hydrogen (secondary N) is 1. The molecule has 130 valence electrons. The van der Waals surface area contributed by atoms with Gasteiger partial charge in [-0.05, 0) is 37.5 Å². The van der Waals surface area contributed by atoms with Crippen LogP contribution < -0.4 is 5.56 Å². The molecule has 0 radical (unpaired) electrons. The highest BCUT2D eigenvalue weighted by Crippen LogP contribution is 2.16. The van der Waals surface area contributed by atoms with Crippen LogP contribution in [-0.4, -0.2) is 11.0 Å². The number of carbonyl (C=O) groups is 1. The van der Waals surface area contributed by atoms with E-state index in [-0.39, 0.29) is 30.6 Å². The second kappa shape index (κ2) is 7.71. The Morgan fingerprint density at radius 2 is 2.04 bits per heavy atom. The Hall–Kier alpha value is -3.01. The quantitative estimate of drug-likeness (QED) is 0.844. The van der Waals surface area contributed by atoms with Crippen LogP contribution in [0.25, 0.3) is 0 Å². The highest BCUT2D eigenvalue weighted by molar-refractivity contribution is 5.70. The van der Waals surface area contributed by atoms with Crippen molar-refractivity contribution >= 4 is 5.97 Å². The number of aromatic nitrogens is 1. The molecule has 0 saturated carbocycles. The molecule has 0 aliphatic carbocycles. The van der Waals surface area contributed by atoms with E-state index < -0.39 is 23.2 Å². The van der Waals surface area contributed by atoms with Crippen molar-refractivity contribution in [2.45, 2.75) is 33.3 Å². The van der Waals surface area contributed by atoms with Gasteiger partial charge in [0.05, 0.1) is 0 Å². The van der Waals surface area contributed by atoms with Crippen LogP contribution in [0.5, 0.6) is 0 Å². The molecule has 1 heterocycles. The first-order valence-corrected chi connectivity index (χ1v) is 7.56. The van der Waals surface area contributed by atoms with Crippen LogP contribution in [0.15, 0.2) is 23.0 Å². The minimum Gasteiger partial charge on any atom is -0.461 e. The molecule has 0 amide bonds. The van der Waals surface area contributed by atoms with Gasteiger partial charge in [0.1, 0.15) is 18.2 Å². The molecule has 1 N–H and O–H groups in total. The molecule has 0 atom stereocenters. The summed E-state index contributed by atoms with van der Waals surface area (Å²) in [7, 11) is 0. The van der Waals surface area contributed by atoms with E-state index in [1.165, 1.54) is 12.1 Å². The Labute approximate surface area is 142 Å². The third-order valence-corrected chi connectivity index (χ3v) is 3.92. The summed E-state index contributed by atoms with van der Waals surface area (Å²) < 4.78 is 31.6. The number of esters is 1. The lowest BCUT2D eigenvalue weighted by atomic mass is 9.99. The summed E-state index contributed by atoms with van der Waals surface area (Å²) in [5.74, 6) is -2.63. The van der Waals surface area contributed by atoms with E-state index in [2.05, 4.69) is 4.98 Å². The van der Waals surface area contributed by atoms with Crippen molar-refractivity contribution in [1.82, 2.24) is 4.98 Å². The van der Waals surface area contributed by atoms with Gasteiger partial charge in [-0.3, -0.25) is 9.59 Å². The summed E-state index contributed by atoms with van der Waals surface area (Å²) in [6, 6.07) is 5.49. The number of carbonyl (C=O) groups excluding carboxylic acids is 1. The van der Waals surface area contributed by atoms with Gasteiger partial charge in [0.15, 0.2) is 11.6 Å². The summed E-state index contributed by atoms with van der Waals surface area (Å²) in [6.45, 7) is 2.96. The smallest absolute Gasteiger partial charge is 0.306 e. The van der Waals surface area contributed by atoms with Gasteiger partial charge in [0.2, 0.25) is 0 Å². The number of aryl methyl sites for hydroxylation is 1. The average Bonchev–Trinajstić information content (AvgIpc) is 2.56. The maximum Gasteiger partial charge on any atom is 0.306 e. The number of nitriles is 1. The fourth-order valence-electron chi connectivity index (χ4n) is 2.54. The molecular weight excluding hydrogens is 330 g/mol. The van der Waals surface area contributed by atoms with Gasteiger partial charge in [0.25, 0.3) is 5.56 Å². The number of benzene rings is 1. The average molecular weight is 346 g/mol. The molecule has 0 aliphatic rings. The number of nitrogens with zero attached hydrogens (tertiary/aromatic N) is 1. The number of aromatic amines is 1. The van der Waals surface area contributed by atoms with Gasteiger partial charge in [-0.25, -0.2) is 8.78 Å². The molecule has 25 heavy (non-hydrogen) atoms. The largest absolute Gasteiger partial charge is 0.461 e. The molecule has 7 heteroatoms. The van der Waals surface area contributed by atoms with Crippen LogP contribution in [0.3, 0.4) is 0 Å². The summed E-state index contributed by atoms with van der Waals surface area (Å²) >= 11 is 0. The molecule has 0 spiro atoms. The fraction of sp³-hybridized carbons (Fsp3) is 0.278. The molecule has 5 nitrogen and oxygen atoms in total. The maximum absolute atomic E-state index is 13.5. The van der Waals surface area contributed by atoms with Crippen molar-refractivity contribution in [2.75, 3.05) is 0 Å². The fourth-order valence-corrected chi connectivity index (χ4v) is 2.54. The standard InChI is InChI=1S/C18H16F2N2O3/c1-10-13(11(2)22-18(24)14(10)8-21)6-7-16(23)25-9-12-4-3-5-15(19)17(12)20/h3-5H,6-7,9H2,1-2H3,(H,22,24). The first-order chi connectivity index (χ1) is 11.8. The molecule has 0 aliphatic heterocycles. The first kappa shape index (κ1) is 18.3. The number of H-pyrrole nitrogens is 1. The Kier molecular flexibility index (Phi) is 5.65. The topological polar surface area (TPSA) is 83.0 Å². The van der Waals surface area contributed by atoms with Gasteiger partial charge in [-0.15, -0.1) is 0 Å². The molecule has 0 saturated heterocycles. The number of halogens is 2. The van der Waals surface area contributed by atoms with E-state index >= 15 is 0 Å². The third-order valence-electron chi connectivity index (χ3n) is 3.92. The van der Waals surface area contributed by atoms with Crippen LogP contribution in [0.1, 0.15) is 34.4 Å². The van der Waals surface area contributed by atoms with E-state index in [0.717, 1.165) is 6.07 Å². The SMILES string of the molecule is Cc1[nH]c(=O)c(C#N)c(C)c1CCC(=O)OCc1cccc(F)c1F. The zero-order chi connectivity index (χ0) is 18.6. The van der Waals surface area contributed by atoms with Gasteiger partial charge >= 0.3 is 5.97 Å². The molecule has 1 aromatic carbocycles. The van der Waals surface area contributed by atoms with Crippen molar-refractivity contribution in [3.63, 3.8) is 0 Å². The van der Waals surface area contributed by atoms with Crippen molar-refractivity contribution in [1.29, 1.82) is 5.26 Å². The number of hydrogen-bond acceptors (Lipinski definition) is 4. The lowest BCUT2D eigenvalue weighted by Gasteiger charge is -2.11. The number of hydrogen-bond donors (Lipinski definition) is 1. The number of rotatable bonds is 5. The lowest BCUT2D eigenvalue weighted by Crippen LogP contribution is -2.17. The Morgan fingerprint density at radius 1 is 1.32 bits per heavy atom. The second-order valence-corrected chi connectivity index (χ2v) is 5.54. The molecular formula is C18H16F2N2O3. The molecule has 2 rings (SSSR count). The number of ether oxygens (including phenoxy) is 1. The van der Waals surface area contributed by atoms with E-state index in [1.807, 2.05) is 6.07 Å². The van der Waals surface area contributed by atoms with Gasteiger partial charge in [0, 0.05) is 17.7 Å². The molecule has 1 aromatic heterocycles. The van der Waals surface area contributed by atoms with E-state index in [1.54, 1.807) is 13.8 Å². The number of pyridine rings is 1. The predicted octanol–water partition coefficient (Wildman–Crippen LogP) is 2.82. The van der Waals surface area contributed by atoms with Crippen LogP contribution in [0.4, 0.5) is 8.78 Å². The maximum atomic E-state index is 13.5. The summed E-state index contributed by atoms with van der Waals surface area (Å²) in [5.41, 5.74) is 1.28. The Balaban J connectivity index is 2.03. The summed E-state index contributed by atoms with van der Waals surface area (Å²) in [4.78, 5) is 26.1. The minimum atomic E-state index is -1.04. The highest BCUT2D eigenvalue weighted by atomic mass is 19.2. The van der Waals surface area contributed by atoms with Crippen molar-refractivity contribution in [3.8, 4) is 6.07 Å². The van der Waals surface area contributed by atoms with Crippen LogP contribution in [-0.2, 0) is 22.6 Å². The first-order valence-electron chi connectivity index (χ1n) is 7.56. The molecule has 0 unspecified atom stereocenters. The highest BCUT2D eigenvalue weighted by Gasteiger charge is 2.15. The molecule has 0 fully saturated rings. The Morgan fingerprint density at radius 3 is 2.72 bits per heavy atom. The van der Waals surface area contributed by atoms with E-state index in [4.69, 9.17) is 10.00 Å². The van der Waals surface area contributed by atoms with Gasteiger partial charge in [-0.2, -0.15) is 5.26 Å². The second-order valence-electron chi connectivity index (χ2n) is 5.54. The van der Waals surface area contributed by atoms with Crippen molar-refractivity contribution < 1.29 is 18.3 Å². The van der Waals surface area contributed by atoms with Gasteiger partial charge in [-0.1, -0.05) is 12.1 Å². The van der Waals surface area contributed by atoms with Crippen molar-refractivity contribution in [2.24, 2.45) is 0 Å². The van der Waals surface area contributed by atoms with Crippen LogP contribution in [0, 0.1) is 36.8 Å². The summed E-state index contributed by atoms with van der Waals surface area (Å²) in [6.07, 6.45) is 0.239. The Bertz CT molecular complexity index is 914. The van der Waals surface area contributed by atoms with Crippen LogP contribution in [0.2, 0.25) is 0 Å². The van der Waals surface area contributed by atoms with E-state index in [0.29, 0.717) is 16.8 Å². The van der Waals surface area contributed by atoms with Crippen LogP contribution >= 0.6 is 0 Å². The predicted molar refractivity (Wildman–Crippen MR) is 85.7 cm³/mol. The van der Waals surface area contributed by atoms with Crippen molar-refractivity contribution in [3.05, 3.63) is 68.1 Å². The molecule has 0 bridgehead atoms. The normalized spacial score (nSPS) is 10.4. The summed E-state index contributed by atoms with van der Waals surface area (Å²) in [5, 5.41) is 9.02. The molecule has 2 aromatic rings.